The van der Waals surface area contributed by atoms with E-state index in [4.69, 9.17) is 0 Å². The minimum Gasteiger partial charge on any atom is -0.297 e. The Morgan fingerprint density at radius 1 is 1.37 bits per heavy atom. The second-order valence-electron chi connectivity index (χ2n) is 6.25. The summed E-state index contributed by atoms with van der Waals surface area (Å²) < 4.78 is 0.217. The van der Waals surface area contributed by atoms with Crippen LogP contribution >= 0.6 is 11.8 Å². The Morgan fingerprint density at radius 2 is 2.16 bits per heavy atom. The molecule has 0 bridgehead atoms. The van der Waals surface area contributed by atoms with Crippen LogP contribution in [0.25, 0.3) is 0 Å². The molecular weight excluding hydrogens is 252 g/mol. The van der Waals surface area contributed by atoms with Crippen LogP contribution < -0.4 is 0 Å². The van der Waals surface area contributed by atoms with Crippen molar-refractivity contribution in [2.75, 3.05) is 13.1 Å². The number of piperidine rings is 1. The maximum atomic E-state index is 4.64. The lowest BCUT2D eigenvalue weighted by Crippen LogP contribution is -2.33. The van der Waals surface area contributed by atoms with E-state index >= 15 is 0 Å². The van der Waals surface area contributed by atoms with Crippen LogP contribution in [0, 0.1) is 0 Å². The largest absolute Gasteiger partial charge is 0.297 e. The van der Waals surface area contributed by atoms with Crippen LogP contribution in [0.5, 0.6) is 0 Å². The summed E-state index contributed by atoms with van der Waals surface area (Å²) in [6.45, 7) is 11.4. The third-order valence-electron chi connectivity index (χ3n) is 3.58. The number of hydrogen-bond donors (Lipinski definition) is 0. The molecule has 1 aliphatic rings. The molecule has 0 saturated carbocycles. The van der Waals surface area contributed by atoms with Crippen LogP contribution in [-0.4, -0.2) is 27.7 Å². The molecule has 1 unspecified atom stereocenters. The minimum absolute atomic E-state index is 0.217. The lowest BCUT2D eigenvalue weighted by molar-refractivity contribution is 0.154. The van der Waals surface area contributed by atoms with Gasteiger partial charge < -0.3 is 0 Å². The molecule has 3 heteroatoms. The van der Waals surface area contributed by atoms with Crippen molar-refractivity contribution in [3.8, 4) is 0 Å². The Labute approximate surface area is 122 Å². The lowest BCUT2D eigenvalue weighted by atomic mass is 9.96. The number of likely N-dealkylation sites (tertiary alicyclic amines) is 1. The van der Waals surface area contributed by atoms with Gasteiger partial charge in [-0.05, 0) is 32.0 Å². The second kappa shape index (κ2) is 6.27. The van der Waals surface area contributed by atoms with Crippen molar-refractivity contribution >= 4 is 11.8 Å². The van der Waals surface area contributed by atoms with Crippen LogP contribution in [0.4, 0.5) is 0 Å². The standard InChI is InChI=1S/C16H26N2S/c1-5-18-12-7-6-10-14(18)13-9-8-11-17-15(13)19-16(2,3)4/h8-9,11,14H,5-7,10,12H2,1-4H3. The second-order valence-corrected chi connectivity index (χ2v) is 8.07. The van der Waals surface area contributed by atoms with Gasteiger partial charge in [-0.2, -0.15) is 0 Å². The molecule has 1 atom stereocenters. The molecule has 0 aliphatic carbocycles. The van der Waals surface area contributed by atoms with Gasteiger partial charge in [0.15, 0.2) is 0 Å². The van der Waals surface area contributed by atoms with Crippen molar-refractivity contribution in [1.29, 1.82) is 0 Å². The van der Waals surface area contributed by atoms with Crippen molar-refractivity contribution in [2.24, 2.45) is 0 Å². The van der Waals surface area contributed by atoms with Gasteiger partial charge in [-0.25, -0.2) is 4.98 Å². The molecule has 1 fully saturated rings. The predicted molar refractivity (Wildman–Crippen MR) is 83.7 cm³/mol. The highest BCUT2D eigenvalue weighted by molar-refractivity contribution is 8.00. The Hall–Kier alpha value is -0.540. The van der Waals surface area contributed by atoms with E-state index in [0.29, 0.717) is 6.04 Å². The first kappa shape index (κ1) is 14.9. The zero-order valence-corrected chi connectivity index (χ0v) is 13.5. The van der Waals surface area contributed by atoms with E-state index in [0.717, 1.165) is 6.54 Å². The van der Waals surface area contributed by atoms with Crippen LogP contribution in [0.15, 0.2) is 23.4 Å². The summed E-state index contributed by atoms with van der Waals surface area (Å²) in [6, 6.07) is 4.93. The fraction of sp³-hybridized carbons (Fsp3) is 0.688. The maximum absolute atomic E-state index is 4.64. The maximum Gasteiger partial charge on any atom is 0.101 e. The van der Waals surface area contributed by atoms with Gasteiger partial charge in [0.2, 0.25) is 0 Å². The molecule has 2 rings (SSSR count). The molecule has 0 N–H and O–H groups in total. The molecule has 2 heterocycles. The first-order chi connectivity index (χ1) is 9.01. The van der Waals surface area contributed by atoms with E-state index in [9.17, 15) is 0 Å². The van der Waals surface area contributed by atoms with Gasteiger partial charge in [0.05, 0.1) is 0 Å². The predicted octanol–water partition coefficient (Wildman–Crippen LogP) is 4.52. The summed E-state index contributed by atoms with van der Waals surface area (Å²) in [5.74, 6) is 0. The van der Waals surface area contributed by atoms with Crippen molar-refractivity contribution in [1.82, 2.24) is 9.88 Å². The molecule has 1 aromatic rings. The van der Waals surface area contributed by atoms with E-state index in [2.05, 4.69) is 49.7 Å². The average Bonchev–Trinajstić information content (AvgIpc) is 2.37. The SMILES string of the molecule is CCN1CCCCC1c1cccnc1SC(C)(C)C. The number of nitrogens with zero attached hydrogens (tertiary/aromatic N) is 2. The summed E-state index contributed by atoms with van der Waals surface area (Å²) in [4.78, 5) is 7.25. The van der Waals surface area contributed by atoms with Gasteiger partial charge in [0.1, 0.15) is 5.03 Å². The number of thioether (sulfide) groups is 1. The molecule has 2 nitrogen and oxygen atoms in total. The molecule has 19 heavy (non-hydrogen) atoms. The fourth-order valence-corrected chi connectivity index (χ4v) is 3.77. The highest BCUT2D eigenvalue weighted by Crippen LogP contribution is 2.39. The molecule has 1 aromatic heterocycles. The normalized spacial score (nSPS) is 21.6. The molecule has 1 aliphatic heterocycles. The van der Waals surface area contributed by atoms with Gasteiger partial charge in [0.25, 0.3) is 0 Å². The third-order valence-corrected chi connectivity index (χ3v) is 4.73. The van der Waals surface area contributed by atoms with Crippen LogP contribution in [-0.2, 0) is 0 Å². The highest BCUT2D eigenvalue weighted by atomic mass is 32.2. The monoisotopic (exact) mass is 278 g/mol. The molecule has 106 valence electrons. The van der Waals surface area contributed by atoms with Gasteiger partial charge in [-0.3, -0.25) is 4.90 Å². The molecular formula is C16H26N2S. The van der Waals surface area contributed by atoms with Crippen LogP contribution in [0.3, 0.4) is 0 Å². The number of rotatable bonds is 3. The van der Waals surface area contributed by atoms with Crippen molar-refractivity contribution in [2.45, 2.75) is 62.8 Å². The molecule has 0 radical (unpaired) electrons. The summed E-state index contributed by atoms with van der Waals surface area (Å²) >= 11 is 1.90. The molecule has 0 spiro atoms. The minimum atomic E-state index is 0.217. The Balaban J connectivity index is 2.27. The summed E-state index contributed by atoms with van der Waals surface area (Å²) in [6.07, 6.45) is 5.88. The zero-order chi connectivity index (χ0) is 13.9. The zero-order valence-electron chi connectivity index (χ0n) is 12.6. The Morgan fingerprint density at radius 3 is 2.84 bits per heavy atom. The highest BCUT2D eigenvalue weighted by Gasteiger charge is 2.26. The summed E-state index contributed by atoms with van der Waals surface area (Å²) in [7, 11) is 0. The van der Waals surface area contributed by atoms with Crippen LogP contribution in [0.1, 0.15) is 58.6 Å². The quantitative estimate of drug-likeness (QED) is 0.756. The average molecular weight is 278 g/mol. The van der Waals surface area contributed by atoms with Gasteiger partial charge >= 0.3 is 0 Å². The number of aromatic nitrogens is 1. The van der Waals surface area contributed by atoms with E-state index in [1.54, 1.807) is 0 Å². The van der Waals surface area contributed by atoms with Gasteiger partial charge in [-0.1, -0.05) is 40.2 Å². The number of hydrogen-bond acceptors (Lipinski definition) is 3. The first-order valence-corrected chi connectivity index (χ1v) is 8.21. The third kappa shape index (κ3) is 3.96. The summed E-state index contributed by atoms with van der Waals surface area (Å²) in [5, 5.41) is 1.22. The summed E-state index contributed by atoms with van der Waals surface area (Å²) in [5.41, 5.74) is 1.43. The van der Waals surface area contributed by atoms with E-state index in [1.807, 2.05) is 18.0 Å². The fourth-order valence-electron chi connectivity index (χ4n) is 2.75. The van der Waals surface area contributed by atoms with E-state index < -0.39 is 0 Å². The van der Waals surface area contributed by atoms with E-state index in [-0.39, 0.29) is 4.75 Å². The Bertz CT molecular complexity index is 411. The van der Waals surface area contributed by atoms with Crippen molar-refractivity contribution in [3.05, 3.63) is 23.9 Å². The molecule has 1 saturated heterocycles. The molecule has 0 aromatic carbocycles. The lowest BCUT2D eigenvalue weighted by Gasteiger charge is -2.36. The topological polar surface area (TPSA) is 16.1 Å². The number of pyridine rings is 1. The Kier molecular flexibility index (Phi) is 4.91. The van der Waals surface area contributed by atoms with E-state index in [1.165, 1.54) is 36.4 Å². The van der Waals surface area contributed by atoms with Gasteiger partial charge in [0, 0.05) is 22.5 Å². The van der Waals surface area contributed by atoms with Crippen LogP contribution in [0.2, 0.25) is 0 Å². The first-order valence-electron chi connectivity index (χ1n) is 7.39. The van der Waals surface area contributed by atoms with Gasteiger partial charge in [-0.15, -0.1) is 11.8 Å². The smallest absolute Gasteiger partial charge is 0.101 e. The molecule has 0 amide bonds. The van der Waals surface area contributed by atoms with Crippen molar-refractivity contribution in [3.63, 3.8) is 0 Å². The van der Waals surface area contributed by atoms with Crippen molar-refractivity contribution < 1.29 is 0 Å².